The average molecular weight is 345 g/mol. The number of rotatable bonds is 4. The SMILES string of the molecule is N#Cc1cc2c(=O)n(CCCn3ncc4ccccc43)ccc2[nH]c1=O. The fourth-order valence-electron chi connectivity index (χ4n) is 3.09. The third kappa shape index (κ3) is 2.67. The van der Waals surface area contributed by atoms with Crippen molar-refractivity contribution in [2.75, 3.05) is 0 Å². The van der Waals surface area contributed by atoms with Gasteiger partial charge in [-0.05, 0) is 24.6 Å². The standard InChI is InChI=1S/C19H15N5O2/c20-11-14-10-15-16(22-18(14)25)6-9-23(19(15)26)7-3-8-24-17-5-2-1-4-13(17)12-21-24/h1-2,4-6,9-10,12H,3,7-8H2,(H,22,25). The zero-order valence-electron chi connectivity index (χ0n) is 13.8. The van der Waals surface area contributed by atoms with Gasteiger partial charge in [0.25, 0.3) is 11.1 Å². The predicted molar refractivity (Wildman–Crippen MR) is 97.9 cm³/mol. The first-order valence-electron chi connectivity index (χ1n) is 8.24. The van der Waals surface area contributed by atoms with Crippen molar-refractivity contribution >= 4 is 21.8 Å². The lowest BCUT2D eigenvalue weighted by atomic mass is 10.2. The molecular formula is C19H15N5O2. The van der Waals surface area contributed by atoms with E-state index >= 15 is 0 Å². The Hall–Kier alpha value is -3.66. The molecule has 1 aromatic carbocycles. The lowest BCUT2D eigenvalue weighted by molar-refractivity contribution is 0.531. The van der Waals surface area contributed by atoms with Gasteiger partial charge in [-0.25, -0.2) is 0 Å². The highest BCUT2D eigenvalue weighted by Crippen LogP contribution is 2.13. The van der Waals surface area contributed by atoms with Crippen LogP contribution in [0.3, 0.4) is 0 Å². The van der Waals surface area contributed by atoms with Crippen LogP contribution in [-0.4, -0.2) is 19.3 Å². The predicted octanol–water partition coefficient (Wildman–Crippen LogP) is 2.00. The number of benzene rings is 1. The molecule has 0 unspecified atom stereocenters. The molecule has 3 aromatic heterocycles. The van der Waals surface area contributed by atoms with Gasteiger partial charge in [-0.15, -0.1) is 0 Å². The van der Waals surface area contributed by atoms with Crippen LogP contribution in [0, 0.1) is 11.3 Å². The number of para-hydroxylation sites is 1. The minimum absolute atomic E-state index is 0.0599. The van der Waals surface area contributed by atoms with Crippen LogP contribution in [0.5, 0.6) is 0 Å². The van der Waals surface area contributed by atoms with Crippen LogP contribution in [0.25, 0.3) is 21.8 Å². The summed E-state index contributed by atoms with van der Waals surface area (Å²) in [5.74, 6) is 0. The number of aryl methyl sites for hydroxylation is 2. The number of hydrogen-bond donors (Lipinski definition) is 1. The van der Waals surface area contributed by atoms with Crippen LogP contribution >= 0.6 is 0 Å². The Kier molecular flexibility index (Phi) is 3.86. The normalized spacial score (nSPS) is 11.0. The van der Waals surface area contributed by atoms with Gasteiger partial charge >= 0.3 is 0 Å². The number of pyridine rings is 2. The van der Waals surface area contributed by atoms with Crippen LogP contribution in [-0.2, 0) is 13.1 Å². The molecule has 3 heterocycles. The molecule has 7 heteroatoms. The van der Waals surface area contributed by atoms with Crippen LogP contribution in [0.1, 0.15) is 12.0 Å². The van der Waals surface area contributed by atoms with Gasteiger partial charge in [-0.2, -0.15) is 10.4 Å². The van der Waals surface area contributed by atoms with Gasteiger partial charge < -0.3 is 9.55 Å². The first kappa shape index (κ1) is 15.8. The first-order valence-corrected chi connectivity index (χ1v) is 8.24. The second-order valence-electron chi connectivity index (χ2n) is 6.05. The molecule has 0 aliphatic carbocycles. The summed E-state index contributed by atoms with van der Waals surface area (Å²) in [5.41, 5.74) is 0.738. The molecular weight excluding hydrogens is 330 g/mol. The molecule has 0 spiro atoms. The summed E-state index contributed by atoms with van der Waals surface area (Å²) in [5, 5.41) is 14.8. The van der Waals surface area contributed by atoms with E-state index in [2.05, 4.69) is 10.1 Å². The Morgan fingerprint density at radius 3 is 2.85 bits per heavy atom. The molecule has 0 amide bonds. The van der Waals surface area contributed by atoms with Crippen LogP contribution < -0.4 is 11.1 Å². The van der Waals surface area contributed by atoms with E-state index in [0.29, 0.717) is 24.0 Å². The molecule has 0 fully saturated rings. The van der Waals surface area contributed by atoms with Gasteiger partial charge in [-0.3, -0.25) is 14.3 Å². The molecule has 0 aliphatic rings. The molecule has 128 valence electrons. The Labute approximate surface area is 147 Å². The van der Waals surface area contributed by atoms with E-state index in [1.807, 2.05) is 41.2 Å². The number of nitrogens with one attached hydrogen (secondary N) is 1. The molecule has 0 saturated heterocycles. The Morgan fingerprint density at radius 1 is 1.15 bits per heavy atom. The second-order valence-corrected chi connectivity index (χ2v) is 6.05. The van der Waals surface area contributed by atoms with E-state index in [4.69, 9.17) is 5.26 Å². The maximum Gasteiger partial charge on any atom is 0.266 e. The summed E-state index contributed by atoms with van der Waals surface area (Å²) in [6, 6.07) is 12.8. The van der Waals surface area contributed by atoms with Crippen LogP contribution in [0.15, 0.2) is 58.4 Å². The first-order chi connectivity index (χ1) is 12.7. The Bertz CT molecular complexity index is 1270. The van der Waals surface area contributed by atoms with E-state index < -0.39 is 5.56 Å². The van der Waals surface area contributed by atoms with Gasteiger partial charge in [0.2, 0.25) is 0 Å². The zero-order chi connectivity index (χ0) is 18.1. The maximum absolute atomic E-state index is 12.6. The monoisotopic (exact) mass is 345 g/mol. The van der Waals surface area contributed by atoms with Crippen molar-refractivity contribution in [3.05, 3.63) is 75.1 Å². The molecule has 0 bridgehead atoms. The summed E-state index contributed by atoms with van der Waals surface area (Å²) in [6.07, 6.45) is 4.22. The highest BCUT2D eigenvalue weighted by atomic mass is 16.1. The average Bonchev–Trinajstić information content (AvgIpc) is 3.06. The summed E-state index contributed by atoms with van der Waals surface area (Å²) in [4.78, 5) is 26.9. The quantitative estimate of drug-likeness (QED) is 0.612. The van der Waals surface area contributed by atoms with Crippen LogP contribution in [0.4, 0.5) is 0 Å². The molecule has 0 atom stereocenters. The lowest BCUT2D eigenvalue weighted by Crippen LogP contribution is -2.22. The Balaban J connectivity index is 1.59. The second kappa shape index (κ2) is 6.33. The van der Waals surface area contributed by atoms with Gasteiger partial charge in [-0.1, -0.05) is 18.2 Å². The molecule has 1 N–H and O–H groups in total. The lowest BCUT2D eigenvalue weighted by Gasteiger charge is -2.08. The minimum Gasteiger partial charge on any atom is -0.321 e. The number of hydrogen-bond acceptors (Lipinski definition) is 4. The summed E-state index contributed by atoms with van der Waals surface area (Å²) < 4.78 is 3.51. The molecule has 4 rings (SSSR count). The number of nitriles is 1. The van der Waals surface area contributed by atoms with Gasteiger partial charge in [0, 0.05) is 24.7 Å². The van der Waals surface area contributed by atoms with E-state index in [-0.39, 0.29) is 11.1 Å². The number of fused-ring (bicyclic) bond motifs is 2. The van der Waals surface area contributed by atoms with Crippen molar-refractivity contribution < 1.29 is 0 Å². The maximum atomic E-state index is 12.6. The van der Waals surface area contributed by atoms with Crippen molar-refractivity contribution in [1.29, 1.82) is 5.26 Å². The summed E-state index contributed by atoms with van der Waals surface area (Å²) >= 11 is 0. The largest absolute Gasteiger partial charge is 0.321 e. The van der Waals surface area contributed by atoms with Crippen LogP contribution in [0.2, 0.25) is 0 Å². The highest BCUT2D eigenvalue weighted by Gasteiger charge is 2.08. The molecule has 4 aromatic rings. The Morgan fingerprint density at radius 2 is 2.00 bits per heavy atom. The van der Waals surface area contributed by atoms with E-state index in [0.717, 1.165) is 17.3 Å². The van der Waals surface area contributed by atoms with Gasteiger partial charge in [0.1, 0.15) is 11.6 Å². The van der Waals surface area contributed by atoms with Gasteiger partial charge in [0.15, 0.2) is 0 Å². The van der Waals surface area contributed by atoms with Gasteiger partial charge in [0.05, 0.1) is 22.6 Å². The molecule has 0 aliphatic heterocycles. The third-order valence-corrected chi connectivity index (χ3v) is 4.42. The molecule has 26 heavy (non-hydrogen) atoms. The van der Waals surface area contributed by atoms with E-state index in [1.165, 1.54) is 6.07 Å². The van der Waals surface area contributed by atoms with Crippen molar-refractivity contribution in [2.24, 2.45) is 0 Å². The number of aromatic amines is 1. The number of nitrogens with zero attached hydrogens (tertiary/aromatic N) is 4. The van der Waals surface area contributed by atoms with E-state index in [1.54, 1.807) is 16.8 Å². The zero-order valence-corrected chi connectivity index (χ0v) is 13.8. The van der Waals surface area contributed by atoms with Crippen molar-refractivity contribution in [2.45, 2.75) is 19.5 Å². The molecule has 7 nitrogen and oxygen atoms in total. The topological polar surface area (TPSA) is 96.5 Å². The van der Waals surface area contributed by atoms with E-state index in [9.17, 15) is 9.59 Å². The summed E-state index contributed by atoms with van der Waals surface area (Å²) in [7, 11) is 0. The van der Waals surface area contributed by atoms with Crippen molar-refractivity contribution in [3.63, 3.8) is 0 Å². The minimum atomic E-state index is -0.484. The van der Waals surface area contributed by atoms with Crippen molar-refractivity contribution in [1.82, 2.24) is 19.3 Å². The number of aromatic nitrogens is 4. The highest BCUT2D eigenvalue weighted by molar-refractivity contribution is 5.79. The number of H-pyrrole nitrogens is 1. The summed E-state index contributed by atoms with van der Waals surface area (Å²) in [6.45, 7) is 1.21. The molecule has 0 saturated carbocycles. The molecule has 0 radical (unpaired) electrons. The fraction of sp³-hybridized carbons (Fsp3) is 0.158. The third-order valence-electron chi connectivity index (χ3n) is 4.42. The van der Waals surface area contributed by atoms with Crippen molar-refractivity contribution in [3.8, 4) is 6.07 Å². The smallest absolute Gasteiger partial charge is 0.266 e. The fourth-order valence-corrected chi connectivity index (χ4v) is 3.09.